The molecule has 0 aromatic rings. The summed E-state index contributed by atoms with van der Waals surface area (Å²) in [6, 6.07) is 0. The molecule has 46 heavy (non-hydrogen) atoms. The molecule has 11 unspecified atom stereocenters. The van der Waals surface area contributed by atoms with E-state index in [-0.39, 0.29) is 67.6 Å². The second-order valence-corrected chi connectivity index (χ2v) is 15.4. The molecule has 4 aliphatic rings. The zero-order valence-electron chi connectivity index (χ0n) is 26.3. The summed E-state index contributed by atoms with van der Waals surface area (Å²) in [6.07, 6.45) is 2.87. The Morgan fingerprint density at radius 2 is 1.26 bits per heavy atom. The topological polar surface area (TPSA) is 238 Å². The number of ether oxygens (including phenoxy) is 3. The predicted molar refractivity (Wildman–Crippen MR) is 165 cm³/mol. The van der Waals surface area contributed by atoms with Gasteiger partial charge in [0.2, 0.25) is 0 Å². The molecule has 9 N–H and O–H groups in total. The quantitative estimate of drug-likeness (QED) is 0.0330. The van der Waals surface area contributed by atoms with Crippen LogP contribution in [0.25, 0.3) is 0 Å². The molecule has 11 atom stereocenters. The maximum Gasteiger partial charge on any atom is 0.267 e. The molecule has 1 heterocycles. The van der Waals surface area contributed by atoms with Crippen LogP contribution in [-0.4, -0.2) is 132 Å². The molecule has 0 amide bonds. The minimum Gasteiger partial charge on any atom is -0.393 e. The van der Waals surface area contributed by atoms with E-state index in [1.807, 2.05) is 0 Å². The van der Waals surface area contributed by atoms with Crippen molar-refractivity contribution in [3.05, 3.63) is 0 Å². The fourth-order valence-electron chi connectivity index (χ4n) is 7.46. The highest BCUT2D eigenvalue weighted by molar-refractivity contribution is 7.94. The average molecular weight is 704 g/mol. The predicted octanol–water partition coefficient (Wildman–Crippen LogP) is -0.276. The maximum atomic E-state index is 11.3. The summed E-state index contributed by atoms with van der Waals surface area (Å²) in [5, 5.41) is 65.3. The van der Waals surface area contributed by atoms with E-state index in [2.05, 4.69) is 25.3 Å². The van der Waals surface area contributed by atoms with E-state index >= 15 is 0 Å². The van der Waals surface area contributed by atoms with Crippen LogP contribution < -0.4 is 16.0 Å². The highest BCUT2D eigenvalue weighted by atomic mass is 32.2. The Morgan fingerprint density at radius 3 is 1.74 bits per heavy atom. The lowest BCUT2D eigenvalue weighted by Crippen LogP contribution is -2.74. The Hall–Kier alpha value is -0.260. The molecule has 0 aromatic carbocycles. The van der Waals surface area contributed by atoms with Crippen molar-refractivity contribution < 1.29 is 62.2 Å². The third kappa shape index (κ3) is 12.0. The molecule has 0 aromatic heterocycles. The normalized spacial score (nSPS) is 39.2. The summed E-state index contributed by atoms with van der Waals surface area (Å²) < 4.78 is 52.5. The molecule has 4 rings (SSSR count). The number of aliphatic hydroxyl groups excluding tert-OH is 4. The van der Waals surface area contributed by atoms with Crippen LogP contribution in [0.15, 0.2) is 0 Å². The average Bonchev–Trinajstić information content (AvgIpc) is 3.02. The summed E-state index contributed by atoms with van der Waals surface area (Å²) in [4.78, 5) is 0. The van der Waals surface area contributed by atoms with Crippen molar-refractivity contribution in [3.63, 3.8) is 0 Å². The first-order valence-electron chi connectivity index (χ1n) is 16.3. The SMILES string of the molecule is COC1CCC(C2NC(C3CCC(OCC(O)CSOOO)CC3O)NC(C3CCC(OCC(O)CS(=O)(=O)O)CC3O)N2)CC1. The summed E-state index contributed by atoms with van der Waals surface area (Å²) in [5.41, 5.74) is 0. The fourth-order valence-corrected chi connectivity index (χ4v) is 8.39. The number of rotatable bonds is 16. The van der Waals surface area contributed by atoms with Gasteiger partial charge in [0.25, 0.3) is 10.1 Å². The van der Waals surface area contributed by atoms with Gasteiger partial charge in [0.15, 0.2) is 0 Å². The molecular formula is C28H53N3O13S2. The van der Waals surface area contributed by atoms with Crippen molar-refractivity contribution in [2.45, 2.75) is 125 Å². The highest BCUT2D eigenvalue weighted by Crippen LogP contribution is 2.35. The van der Waals surface area contributed by atoms with Crippen molar-refractivity contribution in [1.29, 1.82) is 0 Å². The lowest BCUT2D eigenvalue weighted by molar-refractivity contribution is -0.432. The van der Waals surface area contributed by atoms with Gasteiger partial charge in [-0.3, -0.25) is 20.5 Å². The van der Waals surface area contributed by atoms with Gasteiger partial charge in [-0.1, -0.05) is 5.04 Å². The summed E-state index contributed by atoms with van der Waals surface area (Å²) in [6.45, 7) is -0.193. The van der Waals surface area contributed by atoms with Gasteiger partial charge in [-0.2, -0.15) is 8.42 Å². The van der Waals surface area contributed by atoms with Gasteiger partial charge in [0.1, 0.15) is 5.75 Å². The van der Waals surface area contributed by atoms with Crippen LogP contribution in [0.4, 0.5) is 0 Å². The Bertz CT molecular complexity index is 996. The Balaban J connectivity index is 1.34. The van der Waals surface area contributed by atoms with Gasteiger partial charge in [-0.25, -0.2) is 5.26 Å². The molecule has 0 radical (unpaired) electrons. The van der Waals surface area contributed by atoms with Crippen LogP contribution in [0.1, 0.15) is 64.2 Å². The second-order valence-electron chi connectivity index (χ2n) is 13.2. The van der Waals surface area contributed by atoms with Crippen LogP contribution in [0.2, 0.25) is 0 Å². The van der Waals surface area contributed by atoms with E-state index in [4.69, 9.17) is 24.0 Å². The molecule has 18 heteroatoms. The van der Waals surface area contributed by atoms with Crippen LogP contribution in [0.3, 0.4) is 0 Å². The van der Waals surface area contributed by atoms with Gasteiger partial charge >= 0.3 is 0 Å². The molecule has 3 saturated carbocycles. The number of aliphatic hydroxyl groups is 4. The molecule has 16 nitrogen and oxygen atoms in total. The van der Waals surface area contributed by atoms with Crippen LogP contribution >= 0.6 is 12.0 Å². The van der Waals surface area contributed by atoms with Crippen molar-refractivity contribution >= 4 is 22.2 Å². The molecule has 0 bridgehead atoms. The largest absolute Gasteiger partial charge is 0.393 e. The first kappa shape index (κ1) is 38.5. The minimum atomic E-state index is -4.32. The van der Waals surface area contributed by atoms with E-state index in [0.29, 0.717) is 44.4 Å². The lowest BCUT2D eigenvalue weighted by Gasteiger charge is -2.51. The summed E-state index contributed by atoms with van der Waals surface area (Å²) in [7, 11) is -2.57. The van der Waals surface area contributed by atoms with Gasteiger partial charge in [0, 0.05) is 31.0 Å². The van der Waals surface area contributed by atoms with E-state index in [9.17, 15) is 28.8 Å². The molecular weight excluding hydrogens is 650 g/mol. The number of hydrogen-bond acceptors (Lipinski definition) is 16. The monoisotopic (exact) mass is 703 g/mol. The zero-order valence-corrected chi connectivity index (χ0v) is 27.9. The third-order valence-electron chi connectivity index (χ3n) is 9.89. The van der Waals surface area contributed by atoms with Crippen molar-refractivity contribution in [1.82, 2.24) is 16.0 Å². The van der Waals surface area contributed by atoms with E-state index in [0.717, 1.165) is 37.7 Å². The molecule has 4 fully saturated rings. The van der Waals surface area contributed by atoms with Crippen LogP contribution in [0.5, 0.6) is 0 Å². The highest BCUT2D eigenvalue weighted by Gasteiger charge is 2.45. The molecule has 270 valence electrons. The lowest BCUT2D eigenvalue weighted by atomic mass is 9.78. The summed E-state index contributed by atoms with van der Waals surface area (Å²) in [5.74, 6) is -0.580. The van der Waals surface area contributed by atoms with E-state index < -0.39 is 40.3 Å². The minimum absolute atomic E-state index is 0.0373. The van der Waals surface area contributed by atoms with Gasteiger partial charge < -0.3 is 34.6 Å². The number of methoxy groups -OCH3 is 1. The van der Waals surface area contributed by atoms with E-state index in [1.165, 1.54) is 0 Å². The Kier molecular flexibility index (Phi) is 15.6. The van der Waals surface area contributed by atoms with Crippen molar-refractivity contribution in [3.8, 4) is 0 Å². The molecule has 1 aliphatic heterocycles. The van der Waals surface area contributed by atoms with Crippen molar-refractivity contribution in [2.75, 3.05) is 31.8 Å². The molecule has 1 saturated heterocycles. The zero-order chi connectivity index (χ0) is 33.3. The smallest absolute Gasteiger partial charge is 0.267 e. The Morgan fingerprint density at radius 1 is 0.761 bits per heavy atom. The Labute approximate surface area is 275 Å². The fraction of sp³-hybridized carbons (Fsp3) is 1.00. The summed E-state index contributed by atoms with van der Waals surface area (Å²) >= 11 is 0.754. The van der Waals surface area contributed by atoms with Crippen LogP contribution in [-0.2, 0) is 33.7 Å². The number of nitrogens with one attached hydrogen (secondary N) is 3. The number of hydrogen-bond donors (Lipinski definition) is 9. The first-order valence-corrected chi connectivity index (χ1v) is 18.8. The maximum absolute atomic E-state index is 11.3. The molecule has 3 aliphatic carbocycles. The van der Waals surface area contributed by atoms with E-state index in [1.54, 1.807) is 7.11 Å². The molecule has 0 spiro atoms. The van der Waals surface area contributed by atoms with Gasteiger partial charge in [-0.05, 0) is 70.1 Å². The second kappa shape index (κ2) is 18.7. The van der Waals surface area contributed by atoms with Gasteiger partial charge in [0.05, 0.1) is 80.2 Å². The van der Waals surface area contributed by atoms with Gasteiger partial charge in [-0.15, -0.1) is 4.33 Å². The van der Waals surface area contributed by atoms with Crippen molar-refractivity contribution in [2.24, 2.45) is 17.8 Å². The standard InChI is InChI=1S/C28H53N3O13S2/c1-40-19-4-2-16(3-5-19)26-29-27(22-8-6-20(10-24(22)34)41-12-17(32)14-45-44-43-36)31-28(30-26)23-9-7-21(11-25(23)35)42-13-18(33)15-46(37,38)39/h16-36H,2-15H2,1H3,(H,37,38,39). The first-order chi connectivity index (χ1) is 22.0. The van der Waals surface area contributed by atoms with Crippen LogP contribution in [0, 0.1) is 17.8 Å². The third-order valence-corrected chi connectivity index (χ3v) is 11.4.